The summed E-state index contributed by atoms with van der Waals surface area (Å²) in [5, 5.41) is 3.65. The van der Waals surface area contributed by atoms with E-state index in [1.54, 1.807) is 0 Å². The van der Waals surface area contributed by atoms with E-state index in [-0.39, 0.29) is 24.1 Å². The van der Waals surface area contributed by atoms with Gasteiger partial charge in [0.25, 0.3) is 0 Å². The van der Waals surface area contributed by atoms with Crippen LogP contribution in [0.1, 0.15) is 0 Å². The summed E-state index contributed by atoms with van der Waals surface area (Å²) in [6.07, 6.45) is -0.144. The minimum absolute atomic E-state index is 0.0275. The molecule has 0 aromatic carbocycles. The number of rotatable bonds is 1. The molecule has 0 aliphatic carbocycles. The van der Waals surface area contributed by atoms with Crippen LogP contribution in [0.25, 0.3) is 10.4 Å². The monoisotopic (exact) mass is 165 g/mol. The highest BCUT2D eigenvalue weighted by Crippen LogP contribution is 2.32. The summed E-state index contributed by atoms with van der Waals surface area (Å²) < 4.78 is 10.6. The van der Waals surface area contributed by atoms with Gasteiger partial charge in [0.1, 0.15) is 7.85 Å². The lowest BCUT2D eigenvalue weighted by molar-refractivity contribution is 0.00604. The maximum atomic E-state index is 8.29. The third kappa shape index (κ3) is 1.08. The molecule has 0 amide bonds. The Morgan fingerprint density at radius 2 is 2.33 bits per heavy atom. The average Bonchev–Trinajstić information content (AvgIpc) is 2.27. The first-order chi connectivity index (χ1) is 5.83. The second-order valence-corrected chi connectivity index (χ2v) is 3.04. The molecular weight excluding hydrogens is 157 g/mol. The molecule has 2 heterocycles. The van der Waals surface area contributed by atoms with Crippen molar-refractivity contribution in [3.8, 4) is 0 Å². The van der Waals surface area contributed by atoms with Gasteiger partial charge in [-0.1, -0.05) is 5.11 Å². The molecule has 0 unspecified atom stereocenters. The quantitative estimate of drug-likeness (QED) is 0.241. The summed E-state index contributed by atoms with van der Waals surface area (Å²) in [6.45, 7) is 1.01. The van der Waals surface area contributed by atoms with E-state index in [0.29, 0.717) is 13.2 Å². The van der Waals surface area contributed by atoms with Crippen molar-refractivity contribution < 1.29 is 9.47 Å². The number of nitrogens with zero attached hydrogens (tertiary/aromatic N) is 3. The molecule has 2 radical (unpaired) electrons. The van der Waals surface area contributed by atoms with Gasteiger partial charge in [-0.05, 0) is 5.53 Å². The zero-order chi connectivity index (χ0) is 8.55. The molecule has 6 heteroatoms. The maximum absolute atomic E-state index is 8.29. The lowest BCUT2D eigenvalue weighted by atomic mass is 9.83. The molecule has 62 valence electrons. The molecule has 0 aromatic heterocycles. The van der Waals surface area contributed by atoms with Crippen molar-refractivity contribution in [3.05, 3.63) is 10.4 Å². The highest BCUT2D eigenvalue weighted by atomic mass is 16.6. The number of azide groups is 1. The van der Waals surface area contributed by atoms with Crippen LogP contribution >= 0.6 is 0 Å². The Balaban J connectivity index is 2.19. The summed E-state index contributed by atoms with van der Waals surface area (Å²) in [7, 11) is 5.66. The third-order valence-electron chi connectivity index (χ3n) is 2.35. The Morgan fingerprint density at radius 1 is 1.50 bits per heavy atom. The summed E-state index contributed by atoms with van der Waals surface area (Å²) in [6, 6.07) is -0.480. The Hall–Kier alpha value is -0.705. The van der Waals surface area contributed by atoms with E-state index in [2.05, 4.69) is 10.0 Å². The first kappa shape index (κ1) is 7.92. The van der Waals surface area contributed by atoms with Gasteiger partial charge in [-0.3, -0.25) is 0 Å². The van der Waals surface area contributed by atoms with E-state index in [1.807, 2.05) is 0 Å². The summed E-state index contributed by atoms with van der Waals surface area (Å²) in [5.74, 6) is 0.0275. The predicted molar refractivity (Wildman–Crippen MR) is 41.7 cm³/mol. The molecule has 0 N–H and O–H groups in total. The summed E-state index contributed by atoms with van der Waals surface area (Å²) in [4.78, 5) is 2.77. The highest BCUT2D eigenvalue weighted by molar-refractivity contribution is 6.11. The van der Waals surface area contributed by atoms with Gasteiger partial charge >= 0.3 is 0 Å². The highest BCUT2D eigenvalue weighted by Gasteiger charge is 2.44. The largest absolute Gasteiger partial charge is 0.382 e. The van der Waals surface area contributed by atoms with Crippen LogP contribution in [0.3, 0.4) is 0 Å². The molecule has 0 saturated carbocycles. The average molecular weight is 165 g/mol. The first-order valence-electron chi connectivity index (χ1n) is 3.86. The predicted octanol–water partition coefficient (Wildman–Crippen LogP) is 0.205. The van der Waals surface area contributed by atoms with Crippen molar-refractivity contribution in [3.63, 3.8) is 0 Å². The molecular formula is C6H8BN3O2. The Bertz CT molecular complexity index is 231. The summed E-state index contributed by atoms with van der Waals surface area (Å²) >= 11 is 0. The zero-order valence-electron chi connectivity index (χ0n) is 6.46. The van der Waals surface area contributed by atoms with E-state index in [1.165, 1.54) is 0 Å². The van der Waals surface area contributed by atoms with Crippen LogP contribution in [-0.4, -0.2) is 39.2 Å². The van der Waals surface area contributed by atoms with E-state index < -0.39 is 0 Å². The number of fused-ring (bicyclic) bond motifs is 2. The number of hydrogen-bond acceptors (Lipinski definition) is 3. The third-order valence-corrected chi connectivity index (χ3v) is 2.35. The van der Waals surface area contributed by atoms with Crippen LogP contribution in [0, 0.1) is 5.92 Å². The molecule has 4 atom stereocenters. The van der Waals surface area contributed by atoms with E-state index in [4.69, 9.17) is 22.9 Å². The van der Waals surface area contributed by atoms with Crippen molar-refractivity contribution >= 4 is 7.85 Å². The van der Waals surface area contributed by atoms with Crippen LogP contribution in [0.15, 0.2) is 5.11 Å². The Morgan fingerprint density at radius 3 is 3.00 bits per heavy atom. The van der Waals surface area contributed by atoms with Crippen molar-refractivity contribution in [1.29, 1.82) is 0 Å². The molecule has 2 aliphatic rings. The molecule has 2 fully saturated rings. The lowest BCUT2D eigenvalue weighted by Gasteiger charge is -2.24. The SMILES string of the molecule is [B][C@@H]1O[C@H]2COC[C@@H]1[C@@H]2N=[N+]=[N-]. The molecule has 2 saturated heterocycles. The molecule has 2 bridgehead atoms. The second-order valence-electron chi connectivity index (χ2n) is 3.04. The standard InChI is InChI=1S/C6H8BN3O2/c7-6-3-1-11-2-4(12-6)5(3)9-10-8/h3-6H,1-2H2/t3-,4+,5+,6-/m1/s1. The van der Waals surface area contributed by atoms with Crippen LogP contribution in [0.4, 0.5) is 0 Å². The Labute approximate surface area is 71.1 Å². The van der Waals surface area contributed by atoms with E-state index in [0.717, 1.165) is 0 Å². The van der Waals surface area contributed by atoms with Gasteiger partial charge in [0.05, 0.1) is 25.4 Å². The van der Waals surface area contributed by atoms with Crippen molar-refractivity contribution in [1.82, 2.24) is 0 Å². The zero-order valence-corrected chi connectivity index (χ0v) is 6.46. The smallest absolute Gasteiger partial charge is 0.109 e. The van der Waals surface area contributed by atoms with Gasteiger partial charge in [0, 0.05) is 16.8 Å². The molecule has 2 aliphatic heterocycles. The van der Waals surface area contributed by atoms with Gasteiger partial charge in [-0.15, -0.1) is 0 Å². The van der Waals surface area contributed by atoms with Crippen molar-refractivity contribution in [2.45, 2.75) is 18.1 Å². The molecule has 2 rings (SSSR count). The lowest BCUT2D eigenvalue weighted by Crippen LogP contribution is -2.37. The number of ether oxygens (including phenoxy) is 2. The minimum Gasteiger partial charge on any atom is -0.382 e. The fraction of sp³-hybridized carbons (Fsp3) is 1.00. The van der Waals surface area contributed by atoms with Crippen LogP contribution < -0.4 is 0 Å². The molecule has 0 spiro atoms. The van der Waals surface area contributed by atoms with Crippen LogP contribution in [-0.2, 0) is 9.47 Å². The van der Waals surface area contributed by atoms with Crippen LogP contribution in [0.2, 0.25) is 0 Å². The fourth-order valence-electron chi connectivity index (χ4n) is 1.72. The molecule has 12 heavy (non-hydrogen) atoms. The van der Waals surface area contributed by atoms with Gasteiger partial charge in [0.2, 0.25) is 0 Å². The van der Waals surface area contributed by atoms with E-state index >= 15 is 0 Å². The molecule has 5 nitrogen and oxygen atoms in total. The summed E-state index contributed by atoms with van der Waals surface area (Å²) in [5.41, 5.74) is 8.29. The minimum atomic E-state index is -0.340. The topological polar surface area (TPSA) is 67.2 Å². The molecule has 0 aromatic rings. The number of hydrogen-bond donors (Lipinski definition) is 0. The second kappa shape index (κ2) is 2.97. The van der Waals surface area contributed by atoms with Gasteiger partial charge in [-0.25, -0.2) is 0 Å². The van der Waals surface area contributed by atoms with Gasteiger partial charge in [-0.2, -0.15) is 0 Å². The van der Waals surface area contributed by atoms with E-state index in [9.17, 15) is 0 Å². The Kier molecular flexibility index (Phi) is 1.96. The maximum Gasteiger partial charge on any atom is 0.109 e. The fourth-order valence-corrected chi connectivity index (χ4v) is 1.72. The van der Waals surface area contributed by atoms with Gasteiger partial charge < -0.3 is 9.47 Å². The van der Waals surface area contributed by atoms with Crippen molar-refractivity contribution in [2.75, 3.05) is 13.2 Å². The van der Waals surface area contributed by atoms with Crippen molar-refractivity contribution in [2.24, 2.45) is 11.0 Å². The van der Waals surface area contributed by atoms with Gasteiger partial charge in [0.15, 0.2) is 0 Å². The van der Waals surface area contributed by atoms with Crippen LogP contribution in [0.5, 0.6) is 0 Å². The normalized spacial score (nSPS) is 45.3. The first-order valence-corrected chi connectivity index (χ1v) is 3.86.